The quantitative estimate of drug-likeness (QED) is 0.253. The molecule has 2 heterocycles. The first-order valence-electron chi connectivity index (χ1n) is 10.3. The van der Waals surface area contributed by atoms with Gasteiger partial charge in [0, 0.05) is 24.5 Å². The lowest BCUT2D eigenvalue weighted by Gasteiger charge is -2.25. The SMILES string of the molecule is C=CCOc1ccc(C(O)=C2C(=O)C(=O)N(Cc3ccncc3)[C@H]2c2cccc(F)c2)cc1. The number of nitrogens with zero attached hydrogens (tertiary/aromatic N) is 2. The van der Waals surface area contributed by atoms with Gasteiger partial charge in [0.05, 0.1) is 11.6 Å². The third kappa shape index (κ3) is 4.52. The summed E-state index contributed by atoms with van der Waals surface area (Å²) in [6.45, 7) is 4.01. The third-order valence-corrected chi connectivity index (χ3v) is 5.30. The molecule has 0 unspecified atom stereocenters. The Hall–Kier alpha value is -4.26. The molecule has 3 aromatic rings. The van der Waals surface area contributed by atoms with E-state index in [0.717, 1.165) is 5.56 Å². The maximum absolute atomic E-state index is 14.1. The Morgan fingerprint density at radius 1 is 1.12 bits per heavy atom. The van der Waals surface area contributed by atoms with Crippen LogP contribution < -0.4 is 4.74 Å². The van der Waals surface area contributed by atoms with Crippen LogP contribution in [0, 0.1) is 5.82 Å². The number of pyridine rings is 1. The Kier molecular flexibility index (Phi) is 6.31. The topological polar surface area (TPSA) is 79.7 Å². The zero-order valence-corrected chi connectivity index (χ0v) is 17.6. The summed E-state index contributed by atoms with van der Waals surface area (Å²) in [6, 6.07) is 14.6. The van der Waals surface area contributed by atoms with Crippen LogP contribution in [0.4, 0.5) is 4.39 Å². The summed E-state index contributed by atoms with van der Waals surface area (Å²) in [7, 11) is 0. The Labute approximate surface area is 190 Å². The number of benzene rings is 2. The van der Waals surface area contributed by atoms with Gasteiger partial charge < -0.3 is 14.7 Å². The van der Waals surface area contributed by atoms with Crippen molar-refractivity contribution in [2.75, 3.05) is 6.61 Å². The molecule has 1 saturated heterocycles. The summed E-state index contributed by atoms with van der Waals surface area (Å²) in [5.74, 6) is -1.89. The van der Waals surface area contributed by atoms with E-state index < -0.39 is 23.5 Å². The van der Waals surface area contributed by atoms with Crippen molar-refractivity contribution in [1.29, 1.82) is 0 Å². The molecule has 1 amide bonds. The number of aromatic nitrogens is 1. The molecule has 0 spiro atoms. The van der Waals surface area contributed by atoms with Gasteiger partial charge in [-0.15, -0.1) is 0 Å². The number of ether oxygens (including phenoxy) is 1. The molecule has 166 valence electrons. The number of likely N-dealkylation sites (tertiary alicyclic amines) is 1. The van der Waals surface area contributed by atoms with E-state index in [0.29, 0.717) is 23.5 Å². The van der Waals surface area contributed by atoms with Gasteiger partial charge in [-0.2, -0.15) is 0 Å². The normalized spacial score (nSPS) is 17.2. The van der Waals surface area contributed by atoms with Crippen LogP contribution in [0.1, 0.15) is 22.7 Å². The average molecular weight is 444 g/mol. The first-order chi connectivity index (χ1) is 16.0. The van der Waals surface area contributed by atoms with E-state index >= 15 is 0 Å². The maximum atomic E-state index is 14.1. The van der Waals surface area contributed by atoms with Gasteiger partial charge in [-0.05, 0) is 59.7 Å². The summed E-state index contributed by atoms with van der Waals surface area (Å²) >= 11 is 0. The number of hydrogen-bond acceptors (Lipinski definition) is 5. The zero-order chi connectivity index (χ0) is 23.4. The van der Waals surface area contributed by atoms with Crippen LogP contribution in [0.2, 0.25) is 0 Å². The van der Waals surface area contributed by atoms with Crippen LogP contribution in [0.3, 0.4) is 0 Å². The fourth-order valence-electron chi connectivity index (χ4n) is 3.77. The van der Waals surface area contributed by atoms with Gasteiger partial charge in [0.1, 0.15) is 23.9 Å². The molecular formula is C26H21FN2O4. The second-order valence-corrected chi connectivity index (χ2v) is 7.46. The molecule has 6 nitrogen and oxygen atoms in total. The highest BCUT2D eigenvalue weighted by atomic mass is 19.1. The van der Waals surface area contributed by atoms with Crippen molar-refractivity contribution in [3.63, 3.8) is 0 Å². The molecule has 1 aliphatic heterocycles. The molecule has 4 rings (SSSR count). The van der Waals surface area contributed by atoms with Crippen molar-refractivity contribution in [2.24, 2.45) is 0 Å². The number of carbonyl (C=O) groups is 2. The number of rotatable bonds is 7. The van der Waals surface area contributed by atoms with Crippen molar-refractivity contribution in [3.8, 4) is 5.75 Å². The van der Waals surface area contributed by atoms with Crippen LogP contribution in [-0.2, 0) is 16.1 Å². The van der Waals surface area contributed by atoms with Gasteiger partial charge in [-0.3, -0.25) is 14.6 Å². The van der Waals surface area contributed by atoms with E-state index in [1.807, 2.05) is 0 Å². The predicted octanol–water partition coefficient (Wildman–Crippen LogP) is 4.41. The monoisotopic (exact) mass is 444 g/mol. The zero-order valence-electron chi connectivity index (χ0n) is 17.6. The predicted molar refractivity (Wildman–Crippen MR) is 121 cm³/mol. The van der Waals surface area contributed by atoms with Crippen molar-refractivity contribution < 1.29 is 23.8 Å². The highest BCUT2D eigenvalue weighted by Crippen LogP contribution is 2.40. The molecule has 0 bridgehead atoms. The second kappa shape index (κ2) is 9.48. The van der Waals surface area contributed by atoms with Crippen molar-refractivity contribution >= 4 is 17.4 Å². The van der Waals surface area contributed by atoms with Crippen LogP contribution in [0.25, 0.3) is 5.76 Å². The average Bonchev–Trinajstić information content (AvgIpc) is 3.08. The Morgan fingerprint density at radius 2 is 1.85 bits per heavy atom. The van der Waals surface area contributed by atoms with Gasteiger partial charge in [0.2, 0.25) is 0 Å². The molecule has 0 radical (unpaired) electrons. The Morgan fingerprint density at radius 3 is 2.52 bits per heavy atom. The molecule has 1 atom stereocenters. The molecular weight excluding hydrogens is 423 g/mol. The minimum atomic E-state index is -0.953. The van der Waals surface area contributed by atoms with Crippen LogP contribution >= 0.6 is 0 Å². The van der Waals surface area contributed by atoms with E-state index in [1.165, 1.54) is 23.1 Å². The minimum absolute atomic E-state index is 0.0966. The van der Waals surface area contributed by atoms with Gasteiger partial charge >= 0.3 is 0 Å². The van der Waals surface area contributed by atoms with Crippen molar-refractivity contribution in [3.05, 3.63) is 114 Å². The summed E-state index contributed by atoms with van der Waals surface area (Å²) in [5.41, 5.74) is 1.37. The number of aliphatic hydroxyl groups is 1. The first kappa shape index (κ1) is 22.0. The summed E-state index contributed by atoms with van der Waals surface area (Å²) in [6.07, 6.45) is 4.77. The van der Waals surface area contributed by atoms with Crippen LogP contribution in [0.15, 0.2) is 91.3 Å². The second-order valence-electron chi connectivity index (χ2n) is 7.46. The largest absolute Gasteiger partial charge is 0.507 e. The molecule has 1 N–H and O–H groups in total. The van der Waals surface area contributed by atoms with Gasteiger partial charge in [-0.1, -0.05) is 24.8 Å². The van der Waals surface area contributed by atoms with E-state index in [-0.39, 0.29) is 17.9 Å². The van der Waals surface area contributed by atoms with Crippen LogP contribution in [0.5, 0.6) is 5.75 Å². The molecule has 2 aromatic carbocycles. The maximum Gasteiger partial charge on any atom is 0.295 e. The number of ketones is 1. The van der Waals surface area contributed by atoms with E-state index in [4.69, 9.17) is 4.74 Å². The lowest BCUT2D eigenvalue weighted by atomic mass is 9.95. The highest BCUT2D eigenvalue weighted by molar-refractivity contribution is 6.46. The smallest absolute Gasteiger partial charge is 0.295 e. The van der Waals surface area contributed by atoms with Crippen molar-refractivity contribution in [1.82, 2.24) is 9.88 Å². The number of amides is 1. The number of halogens is 1. The number of carbonyl (C=O) groups excluding carboxylic acids is 2. The molecule has 33 heavy (non-hydrogen) atoms. The molecule has 0 aliphatic carbocycles. The molecule has 1 fully saturated rings. The Bertz CT molecular complexity index is 1220. The number of hydrogen-bond donors (Lipinski definition) is 1. The molecule has 1 aromatic heterocycles. The van der Waals surface area contributed by atoms with E-state index in [9.17, 15) is 19.1 Å². The Balaban J connectivity index is 1.79. The number of Topliss-reactive ketones (excluding diaryl/α,β-unsaturated/α-hetero) is 1. The van der Waals surface area contributed by atoms with Gasteiger partial charge in [0.25, 0.3) is 11.7 Å². The molecule has 0 saturated carbocycles. The van der Waals surface area contributed by atoms with Crippen molar-refractivity contribution in [2.45, 2.75) is 12.6 Å². The van der Waals surface area contributed by atoms with Gasteiger partial charge in [0.15, 0.2) is 0 Å². The summed E-state index contributed by atoms with van der Waals surface area (Å²) in [4.78, 5) is 31.3. The fraction of sp³-hybridized carbons (Fsp3) is 0.115. The van der Waals surface area contributed by atoms with E-state index in [1.54, 1.807) is 60.9 Å². The lowest BCUT2D eigenvalue weighted by Crippen LogP contribution is -2.29. The third-order valence-electron chi connectivity index (χ3n) is 5.30. The van der Waals surface area contributed by atoms with Gasteiger partial charge in [-0.25, -0.2) is 4.39 Å². The molecule has 1 aliphatic rings. The standard InChI is InChI=1S/C26H21FN2O4/c1-2-14-33-21-8-6-18(7-9-21)24(30)22-23(19-4-3-5-20(27)15-19)29(26(32)25(22)31)16-17-10-12-28-13-11-17/h2-13,15,23,30H,1,14,16H2/t23-/m0/s1. The summed E-state index contributed by atoms with van der Waals surface area (Å²) < 4.78 is 19.5. The minimum Gasteiger partial charge on any atom is -0.507 e. The van der Waals surface area contributed by atoms with E-state index in [2.05, 4.69) is 11.6 Å². The number of aliphatic hydroxyl groups excluding tert-OH is 1. The van der Waals surface area contributed by atoms with Crippen LogP contribution in [-0.4, -0.2) is 33.3 Å². The first-order valence-corrected chi connectivity index (χ1v) is 10.3. The fourth-order valence-corrected chi connectivity index (χ4v) is 3.77. The highest BCUT2D eigenvalue weighted by Gasteiger charge is 2.46. The lowest BCUT2D eigenvalue weighted by molar-refractivity contribution is -0.140. The summed E-state index contributed by atoms with van der Waals surface area (Å²) in [5, 5.41) is 11.1. The molecule has 7 heteroatoms.